The highest BCUT2D eigenvalue weighted by Crippen LogP contribution is 2.15. The van der Waals surface area contributed by atoms with Gasteiger partial charge in [-0.2, -0.15) is 0 Å². The average Bonchev–Trinajstić information content (AvgIpc) is 2.49. The summed E-state index contributed by atoms with van der Waals surface area (Å²) in [5.41, 5.74) is 14.7. The first-order valence-electron chi connectivity index (χ1n) is 3.38. The van der Waals surface area contributed by atoms with Crippen molar-refractivity contribution in [2.24, 2.45) is 5.11 Å². The highest BCUT2D eigenvalue weighted by molar-refractivity contribution is 5.80. The average molecular weight is 177 g/mol. The van der Waals surface area contributed by atoms with Gasteiger partial charge in [-0.05, 0) is 10.6 Å². The van der Waals surface area contributed by atoms with Crippen LogP contribution in [0.15, 0.2) is 11.4 Å². The highest BCUT2D eigenvalue weighted by atomic mass is 15.2. The van der Waals surface area contributed by atoms with Crippen LogP contribution >= 0.6 is 0 Å². The molecule has 8 heteroatoms. The van der Waals surface area contributed by atoms with E-state index < -0.39 is 0 Å². The van der Waals surface area contributed by atoms with E-state index >= 15 is 0 Å². The lowest BCUT2D eigenvalue weighted by Crippen LogP contribution is -2.06. The van der Waals surface area contributed by atoms with Crippen molar-refractivity contribution >= 4 is 22.9 Å². The highest BCUT2D eigenvalue weighted by Gasteiger charge is 2.11. The normalized spacial score (nSPS) is 9.85. The number of nitrogens with zero attached hydrogens (tertiary/aromatic N) is 5. The van der Waals surface area contributed by atoms with Crippen LogP contribution in [0.3, 0.4) is 0 Å². The van der Waals surface area contributed by atoms with Gasteiger partial charge in [-0.25, -0.2) is 4.98 Å². The van der Waals surface area contributed by atoms with E-state index in [1.807, 2.05) is 0 Å². The fourth-order valence-corrected chi connectivity index (χ4v) is 0.968. The van der Waals surface area contributed by atoms with Gasteiger partial charge in [-0.1, -0.05) is 9.97 Å². The van der Waals surface area contributed by atoms with E-state index in [-0.39, 0.29) is 5.95 Å². The molecule has 0 aliphatic heterocycles. The summed E-state index contributed by atoms with van der Waals surface area (Å²) in [4.78, 5) is 15.8. The van der Waals surface area contributed by atoms with Gasteiger partial charge in [0, 0.05) is 4.91 Å². The van der Waals surface area contributed by atoms with Crippen LogP contribution in [0, 0.1) is 0 Å². The molecule has 0 atom stereocenters. The van der Waals surface area contributed by atoms with Crippen LogP contribution < -0.4 is 10.7 Å². The van der Waals surface area contributed by atoms with Gasteiger partial charge in [0.25, 0.3) is 11.6 Å². The molecule has 0 amide bonds. The SMILES string of the molecule is [N-]=[N+]=Nc1nc2[nH+]cnc(N)c2[nH]1. The Hall–Kier alpha value is -2.34. The van der Waals surface area contributed by atoms with Crippen LogP contribution in [0.4, 0.5) is 11.8 Å². The Morgan fingerprint density at radius 2 is 2.54 bits per heavy atom. The molecule has 64 valence electrons. The zero-order valence-electron chi connectivity index (χ0n) is 6.39. The van der Waals surface area contributed by atoms with Crippen molar-refractivity contribution in [1.82, 2.24) is 15.0 Å². The van der Waals surface area contributed by atoms with Crippen molar-refractivity contribution in [2.75, 3.05) is 5.73 Å². The number of hydrogen-bond acceptors (Lipinski definition) is 4. The summed E-state index contributed by atoms with van der Waals surface area (Å²) in [7, 11) is 0. The number of nitrogen functional groups attached to an aromatic ring is 1. The van der Waals surface area contributed by atoms with Gasteiger partial charge < -0.3 is 10.7 Å². The molecule has 13 heavy (non-hydrogen) atoms. The number of H-pyrrole nitrogens is 2. The third-order valence-electron chi connectivity index (χ3n) is 1.49. The molecule has 0 spiro atoms. The summed E-state index contributed by atoms with van der Waals surface area (Å²) >= 11 is 0. The molecule has 0 unspecified atom stereocenters. The van der Waals surface area contributed by atoms with E-state index in [1.165, 1.54) is 6.33 Å². The van der Waals surface area contributed by atoms with Crippen LogP contribution in [0.5, 0.6) is 0 Å². The molecular formula is C5H5N8+. The van der Waals surface area contributed by atoms with Gasteiger partial charge in [0.05, 0.1) is 0 Å². The standard InChI is InChI=1S/C5H4N8/c6-3-2-4(9-1-8-3)11-5(10-2)12-13-7/h1H,(H3,6,8,9,10,11)/p+1. The zero-order valence-corrected chi connectivity index (χ0v) is 6.39. The van der Waals surface area contributed by atoms with Crippen molar-refractivity contribution in [3.05, 3.63) is 16.8 Å². The summed E-state index contributed by atoms with van der Waals surface area (Å²) in [5, 5.41) is 3.30. The molecule has 8 nitrogen and oxygen atoms in total. The molecule has 0 aliphatic rings. The molecule has 2 aromatic heterocycles. The lowest BCUT2D eigenvalue weighted by Gasteiger charge is -1.83. The molecule has 0 radical (unpaired) electrons. The fraction of sp³-hybridized carbons (Fsp3) is 0. The van der Waals surface area contributed by atoms with Gasteiger partial charge in [0.15, 0.2) is 5.52 Å². The zero-order chi connectivity index (χ0) is 9.26. The minimum Gasteiger partial charge on any atom is -0.368 e. The van der Waals surface area contributed by atoms with Crippen molar-refractivity contribution in [3.8, 4) is 0 Å². The topological polar surface area (TPSA) is 130 Å². The van der Waals surface area contributed by atoms with Crippen molar-refractivity contribution in [1.29, 1.82) is 0 Å². The monoisotopic (exact) mass is 177 g/mol. The van der Waals surface area contributed by atoms with E-state index in [0.29, 0.717) is 17.0 Å². The molecule has 0 aliphatic carbocycles. The summed E-state index contributed by atoms with van der Waals surface area (Å²) in [6.45, 7) is 0. The van der Waals surface area contributed by atoms with Gasteiger partial charge in [-0.15, -0.1) is 0 Å². The lowest BCUT2D eigenvalue weighted by atomic mass is 10.5. The maximum absolute atomic E-state index is 8.16. The lowest BCUT2D eigenvalue weighted by molar-refractivity contribution is -0.352. The number of nitrogens with one attached hydrogen (secondary N) is 2. The second-order valence-corrected chi connectivity index (χ2v) is 2.26. The first-order valence-corrected chi connectivity index (χ1v) is 3.38. The van der Waals surface area contributed by atoms with Crippen molar-refractivity contribution in [3.63, 3.8) is 0 Å². The van der Waals surface area contributed by atoms with Gasteiger partial charge in [0.2, 0.25) is 12.1 Å². The van der Waals surface area contributed by atoms with Crippen LogP contribution in [-0.2, 0) is 0 Å². The fourth-order valence-electron chi connectivity index (χ4n) is 0.968. The van der Waals surface area contributed by atoms with Crippen LogP contribution in [0.2, 0.25) is 0 Å². The molecule has 0 saturated heterocycles. The number of imidazole rings is 1. The molecule has 0 bridgehead atoms. The number of fused-ring (bicyclic) bond motifs is 1. The summed E-state index contributed by atoms with van der Waals surface area (Å²) < 4.78 is 0. The Labute approximate surface area is 71.5 Å². The number of anilines is 1. The number of nitrogens with two attached hydrogens (primary N) is 1. The maximum Gasteiger partial charge on any atom is 0.291 e. The Kier molecular flexibility index (Phi) is 1.47. The smallest absolute Gasteiger partial charge is 0.291 e. The minimum atomic E-state index is 0.161. The number of azide groups is 1. The third kappa shape index (κ3) is 1.10. The number of aromatic nitrogens is 4. The van der Waals surface area contributed by atoms with Gasteiger partial charge >= 0.3 is 0 Å². The molecule has 2 rings (SSSR count). The van der Waals surface area contributed by atoms with Crippen molar-refractivity contribution < 1.29 is 4.98 Å². The van der Waals surface area contributed by atoms with Crippen LogP contribution in [-0.4, -0.2) is 15.0 Å². The van der Waals surface area contributed by atoms with Crippen LogP contribution in [0.1, 0.15) is 0 Å². The molecule has 0 aromatic carbocycles. The predicted octanol–water partition coefficient (Wildman–Crippen LogP) is 0.296. The van der Waals surface area contributed by atoms with Gasteiger partial charge in [0.1, 0.15) is 0 Å². The molecule has 4 N–H and O–H groups in total. The molecular weight excluding hydrogens is 172 g/mol. The first-order chi connectivity index (χ1) is 6.31. The quantitative estimate of drug-likeness (QED) is 0.368. The summed E-state index contributed by atoms with van der Waals surface area (Å²) in [6, 6.07) is 0. The summed E-state index contributed by atoms with van der Waals surface area (Å²) in [5.74, 6) is 0.467. The second kappa shape index (κ2) is 2.61. The van der Waals surface area contributed by atoms with Crippen LogP contribution in [0.25, 0.3) is 21.6 Å². The van der Waals surface area contributed by atoms with Gasteiger partial charge in [-0.3, -0.25) is 0 Å². The summed E-state index contributed by atoms with van der Waals surface area (Å²) in [6.07, 6.45) is 1.42. The number of aromatic amines is 2. The van der Waals surface area contributed by atoms with E-state index in [1.54, 1.807) is 0 Å². The number of rotatable bonds is 1. The first kappa shape index (κ1) is 7.32. The molecule has 2 aromatic rings. The predicted molar refractivity (Wildman–Crippen MR) is 43.7 cm³/mol. The Bertz CT molecular complexity index is 492. The third-order valence-corrected chi connectivity index (χ3v) is 1.49. The van der Waals surface area contributed by atoms with E-state index in [0.717, 1.165) is 0 Å². The molecule has 0 saturated carbocycles. The largest absolute Gasteiger partial charge is 0.368 e. The second-order valence-electron chi connectivity index (χ2n) is 2.26. The molecule has 0 fully saturated rings. The van der Waals surface area contributed by atoms with E-state index in [2.05, 4.69) is 30.0 Å². The van der Waals surface area contributed by atoms with E-state index in [9.17, 15) is 0 Å². The Morgan fingerprint density at radius 1 is 1.69 bits per heavy atom. The maximum atomic E-state index is 8.16. The van der Waals surface area contributed by atoms with E-state index in [4.69, 9.17) is 11.3 Å². The number of hydrogen-bond donors (Lipinski definition) is 2. The van der Waals surface area contributed by atoms with Crippen molar-refractivity contribution in [2.45, 2.75) is 0 Å². The minimum absolute atomic E-state index is 0.161. The molecule has 2 heterocycles. The Balaban J connectivity index is 2.75. The Morgan fingerprint density at radius 3 is 3.23 bits per heavy atom.